The third-order valence-electron chi connectivity index (χ3n) is 3.51. The zero-order valence-electron chi connectivity index (χ0n) is 11.0. The number of carbonyl (C=O) groups excluding carboxylic acids is 1. The van der Waals surface area contributed by atoms with Crippen molar-refractivity contribution in [3.05, 3.63) is 30.0 Å². The van der Waals surface area contributed by atoms with Crippen LogP contribution < -0.4 is 10.1 Å². The summed E-state index contributed by atoms with van der Waals surface area (Å²) >= 11 is 0. The molecule has 0 spiro atoms. The average Bonchev–Trinajstić information content (AvgIpc) is 3.18. The molecular formula is C15H18N2O2. The topological polar surface area (TPSA) is 54.1 Å². The number of hydrogen-bond donors (Lipinski definition) is 2. The average molecular weight is 258 g/mol. The molecule has 1 saturated carbocycles. The van der Waals surface area contributed by atoms with Gasteiger partial charge in [0.25, 0.3) is 0 Å². The Balaban J connectivity index is 1.92. The summed E-state index contributed by atoms with van der Waals surface area (Å²) in [6, 6.07) is 5.79. The minimum absolute atomic E-state index is 0.0896. The van der Waals surface area contributed by atoms with Crippen LogP contribution in [0.1, 0.15) is 18.4 Å². The van der Waals surface area contributed by atoms with E-state index in [0.29, 0.717) is 5.75 Å². The van der Waals surface area contributed by atoms with Gasteiger partial charge in [0.1, 0.15) is 5.75 Å². The summed E-state index contributed by atoms with van der Waals surface area (Å²) in [5.74, 6) is 0.713. The molecular weight excluding hydrogens is 240 g/mol. The second-order valence-electron chi connectivity index (χ2n) is 5.04. The van der Waals surface area contributed by atoms with Crippen molar-refractivity contribution in [1.29, 1.82) is 0 Å². The first-order valence-electron chi connectivity index (χ1n) is 6.75. The molecule has 0 atom stereocenters. The molecule has 0 radical (unpaired) electrons. The predicted molar refractivity (Wildman–Crippen MR) is 74.3 cm³/mol. The molecule has 19 heavy (non-hydrogen) atoms. The molecule has 0 unspecified atom stereocenters. The highest BCUT2D eigenvalue weighted by atomic mass is 16.5. The lowest BCUT2D eigenvalue weighted by Gasteiger charge is -2.07. The minimum Gasteiger partial charge on any atom is -0.426 e. The zero-order valence-corrected chi connectivity index (χ0v) is 11.0. The Morgan fingerprint density at radius 1 is 1.47 bits per heavy atom. The van der Waals surface area contributed by atoms with E-state index < -0.39 is 0 Å². The van der Waals surface area contributed by atoms with E-state index in [0.717, 1.165) is 36.7 Å². The van der Waals surface area contributed by atoms with Gasteiger partial charge in [-0.2, -0.15) is 0 Å². The van der Waals surface area contributed by atoms with Crippen molar-refractivity contribution in [3.63, 3.8) is 0 Å². The van der Waals surface area contributed by atoms with Gasteiger partial charge in [0.2, 0.25) is 0 Å². The Kier molecular flexibility index (Phi) is 3.25. The Morgan fingerprint density at radius 3 is 3.05 bits per heavy atom. The van der Waals surface area contributed by atoms with Gasteiger partial charge in [-0.05, 0) is 50.6 Å². The van der Waals surface area contributed by atoms with Crippen molar-refractivity contribution in [2.24, 2.45) is 5.92 Å². The van der Waals surface area contributed by atoms with Crippen LogP contribution in [0.15, 0.2) is 24.4 Å². The van der Waals surface area contributed by atoms with Crippen molar-refractivity contribution in [2.45, 2.75) is 19.3 Å². The van der Waals surface area contributed by atoms with Crippen molar-refractivity contribution in [1.82, 2.24) is 10.3 Å². The van der Waals surface area contributed by atoms with Crippen LogP contribution in [0.4, 0.5) is 0 Å². The number of carbonyl (C=O) groups is 1. The predicted octanol–water partition coefficient (Wildman–Crippen LogP) is 2.25. The molecule has 0 amide bonds. The summed E-state index contributed by atoms with van der Waals surface area (Å²) in [5.41, 5.74) is 2.20. The van der Waals surface area contributed by atoms with E-state index in [1.54, 1.807) is 0 Å². The molecule has 3 rings (SSSR count). The van der Waals surface area contributed by atoms with Crippen molar-refractivity contribution >= 4 is 16.9 Å². The Labute approximate surface area is 112 Å². The number of aromatic amines is 1. The monoisotopic (exact) mass is 258 g/mol. The smallest absolute Gasteiger partial charge is 0.314 e. The number of aromatic nitrogens is 1. The van der Waals surface area contributed by atoms with Crippen LogP contribution in [0.5, 0.6) is 5.75 Å². The van der Waals surface area contributed by atoms with Gasteiger partial charge in [-0.1, -0.05) is 6.07 Å². The largest absolute Gasteiger partial charge is 0.426 e. The van der Waals surface area contributed by atoms with Gasteiger partial charge < -0.3 is 15.0 Å². The lowest BCUT2D eigenvalue weighted by atomic mass is 10.1. The highest BCUT2D eigenvalue weighted by molar-refractivity contribution is 5.92. The number of ether oxygens (including phenoxy) is 1. The second-order valence-corrected chi connectivity index (χ2v) is 5.04. The normalized spacial score (nSPS) is 14.8. The lowest BCUT2D eigenvalue weighted by molar-refractivity contribution is -0.135. The van der Waals surface area contributed by atoms with Crippen molar-refractivity contribution in [2.75, 3.05) is 13.6 Å². The quantitative estimate of drug-likeness (QED) is 0.639. The first-order valence-corrected chi connectivity index (χ1v) is 6.75. The summed E-state index contributed by atoms with van der Waals surface area (Å²) in [5, 5.41) is 4.17. The third kappa shape index (κ3) is 2.49. The zero-order chi connectivity index (χ0) is 13.2. The number of fused-ring (bicyclic) bond motifs is 1. The molecule has 4 heteroatoms. The van der Waals surface area contributed by atoms with Crippen LogP contribution in [0.25, 0.3) is 10.9 Å². The molecule has 0 bridgehead atoms. The van der Waals surface area contributed by atoms with E-state index in [1.807, 2.05) is 31.4 Å². The lowest BCUT2D eigenvalue weighted by Crippen LogP contribution is -2.11. The Hall–Kier alpha value is -1.81. The fourth-order valence-corrected chi connectivity index (χ4v) is 2.27. The fraction of sp³-hybridized carbons (Fsp3) is 0.400. The van der Waals surface area contributed by atoms with Crippen LogP contribution in [-0.4, -0.2) is 24.5 Å². The third-order valence-corrected chi connectivity index (χ3v) is 3.51. The molecule has 2 aromatic rings. The molecule has 2 N–H and O–H groups in total. The maximum Gasteiger partial charge on any atom is 0.314 e. The van der Waals surface area contributed by atoms with Crippen LogP contribution in [0.2, 0.25) is 0 Å². The first-order chi connectivity index (χ1) is 9.29. The number of rotatable bonds is 5. The second kappa shape index (κ2) is 5.05. The standard InChI is InChI=1S/C15H18N2O2/c1-16-8-7-11-9-17-12-3-2-4-13(14(11)12)19-15(18)10-5-6-10/h2-4,9-10,16-17H,5-8H2,1H3. The summed E-state index contributed by atoms with van der Waals surface area (Å²) in [6.45, 7) is 0.901. The van der Waals surface area contributed by atoms with E-state index in [2.05, 4.69) is 10.3 Å². The summed E-state index contributed by atoms with van der Waals surface area (Å²) in [6.07, 6.45) is 4.84. The van der Waals surface area contributed by atoms with E-state index in [9.17, 15) is 4.79 Å². The van der Waals surface area contributed by atoms with Crippen LogP contribution >= 0.6 is 0 Å². The molecule has 1 aliphatic rings. The molecule has 1 fully saturated rings. The van der Waals surface area contributed by atoms with E-state index in [1.165, 1.54) is 5.56 Å². The maximum atomic E-state index is 11.8. The Morgan fingerprint density at radius 2 is 2.32 bits per heavy atom. The van der Waals surface area contributed by atoms with Gasteiger partial charge in [0, 0.05) is 17.1 Å². The molecule has 100 valence electrons. The number of H-pyrrole nitrogens is 1. The molecule has 4 nitrogen and oxygen atoms in total. The van der Waals surface area contributed by atoms with Gasteiger partial charge in [-0.3, -0.25) is 4.79 Å². The highest BCUT2D eigenvalue weighted by Crippen LogP contribution is 2.34. The molecule has 0 aliphatic heterocycles. The molecule has 1 aromatic heterocycles. The first kappa shape index (κ1) is 12.2. The van der Waals surface area contributed by atoms with E-state index >= 15 is 0 Å². The van der Waals surface area contributed by atoms with E-state index in [4.69, 9.17) is 4.74 Å². The highest BCUT2D eigenvalue weighted by Gasteiger charge is 2.32. The van der Waals surface area contributed by atoms with Gasteiger partial charge in [0.15, 0.2) is 0 Å². The molecule has 1 aliphatic carbocycles. The van der Waals surface area contributed by atoms with Gasteiger partial charge in [0.05, 0.1) is 5.92 Å². The number of nitrogens with one attached hydrogen (secondary N) is 2. The number of hydrogen-bond acceptors (Lipinski definition) is 3. The minimum atomic E-state index is -0.0896. The maximum absolute atomic E-state index is 11.8. The molecule has 1 heterocycles. The number of esters is 1. The van der Waals surface area contributed by atoms with Crippen LogP contribution in [-0.2, 0) is 11.2 Å². The van der Waals surface area contributed by atoms with Gasteiger partial charge >= 0.3 is 5.97 Å². The van der Waals surface area contributed by atoms with E-state index in [-0.39, 0.29) is 11.9 Å². The number of benzene rings is 1. The van der Waals surface area contributed by atoms with Gasteiger partial charge in [-0.15, -0.1) is 0 Å². The number of likely N-dealkylation sites (N-methyl/N-ethyl adjacent to an activating group) is 1. The Bertz CT molecular complexity index is 599. The van der Waals surface area contributed by atoms with Crippen LogP contribution in [0.3, 0.4) is 0 Å². The summed E-state index contributed by atoms with van der Waals surface area (Å²) < 4.78 is 5.55. The van der Waals surface area contributed by atoms with Gasteiger partial charge in [-0.25, -0.2) is 0 Å². The van der Waals surface area contributed by atoms with Crippen molar-refractivity contribution < 1.29 is 9.53 Å². The molecule has 0 saturated heterocycles. The van der Waals surface area contributed by atoms with Crippen LogP contribution in [0, 0.1) is 5.92 Å². The SMILES string of the molecule is CNCCc1c[nH]c2cccc(OC(=O)C3CC3)c12. The van der Waals surface area contributed by atoms with Crippen molar-refractivity contribution in [3.8, 4) is 5.75 Å². The fourth-order valence-electron chi connectivity index (χ4n) is 2.27. The summed E-state index contributed by atoms with van der Waals surface area (Å²) in [4.78, 5) is 15.1. The molecule has 1 aromatic carbocycles. The summed E-state index contributed by atoms with van der Waals surface area (Å²) in [7, 11) is 1.93.